The molecule has 0 spiro atoms. The highest BCUT2D eigenvalue weighted by Gasteiger charge is 2.32. The van der Waals surface area contributed by atoms with Crippen molar-refractivity contribution in [1.82, 2.24) is 15.1 Å². The van der Waals surface area contributed by atoms with Crippen LogP contribution in [0.4, 0.5) is 0 Å². The Morgan fingerprint density at radius 2 is 1.76 bits per heavy atom. The SMILES string of the molecule is CCN(CC)C(CNC(=O)C1CCN(C(=O)C(C)(C)C)CC1)c1ccccc1Cl. The van der Waals surface area contributed by atoms with Gasteiger partial charge in [-0.05, 0) is 37.6 Å². The highest BCUT2D eigenvalue weighted by molar-refractivity contribution is 6.31. The lowest BCUT2D eigenvalue weighted by atomic mass is 9.90. The van der Waals surface area contributed by atoms with E-state index in [-0.39, 0.29) is 29.2 Å². The number of likely N-dealkylation sites (tertiary alicyclic amines) is 1. The van der Waals surface area contributed by atoms with E-state index in [1.165, 1.54) is 0 Å². The second-order valence-electron chi connectivity index (χ2n) is 8.82. The lowest BCUT2D eigenvalue weighted by molar-refractivity contribution is -0.142. The number of nitrogens with zero attached hydrogens (tertiary/aromatic N) is 2. The van der Waals surface area contributed by atoms with Crippen LogP contribution < -0.4 is 5.32 Å². The average molecular weight is 422 g/mol. The number of carbonyl (C=O) groups is 2. The maximum atomic E-state index is 12.8. The van der Waals surface area contributed by atoms with Crippen molar-refractivity contribution in [2.75, 3.05) is 32.7 Å². The molecule has 29 heavy (non-hydrogen) atoms. The third kappa shape index (κ3) is 6.19. The number of halogens is 1. The van der Waals surface area contributed by atoms with Crippen molar-refractivity contribution in [3.05, 3.63) is 34.9 Å². The van der Waals surface area contributed by atoms with Gasteiger partial charge in [0.15, 0.2) is 0 Å². The molecule has 2 rings (SSSR count). The van der Waals surface area contributed by atoms with Gasteiger partial charge in [-0.1, -0.05) is 64.4 Å². The largest absolute Gasteiger partial charge is 0.354 e. The van der Waals surface area contributed by atoms with Gasteiger partial charge in [0, 0.05) is 36.0 Å². The molecule has 0 aromatic heterocycles. The summed E-state index contributed by atoms with van der Waals surface area (Å²) in [7, 11) is 0. The number of hydrogen-bond acceptors (Lipinski definition) is 3. The lowest BCUT2D eigenvalue weighted by Crippen LogP contribution is -2.47. The first-order chi connectivity index (χ1) is 13.7. The minimum atomic E-state index is -0.374. The zero-order valence-electron chi connectivity index (χ0n) is 18.5. The third-order valence-corrected chi connectivity index (χ3v) is 6.13. The average Bonchev–Trinajstić information content (AvgIpc) is 2.70. The first kappa shape index (κ1) is 23.7. The summed E-state index contributed by atoms with van der Waals surface area (Å²) in [5.74, 6) is 0.205. The molecule has 0 bridgehead atoms. The molecule has 0 aliphatic carbocycles. The van der Waals surface area contributed by atoms with E-state index in [1.54, 1.807) is 0 Å². The van der Waals surface area contributed by atoms with Crippen molar-refractivity contribution in [3.63, 3.8) is 0 Å². The van der Waals surface area contributed by atoms with Crippen LogP contribution in [0.3, 0.4) is 0 Å². The molecule has 1 aromatic rings. The van der Waals surface area contributed by atoms with Crippen LogP contribution in [-0.4, -0.2) is 54.3 Å². The summed E-state index contributed by atoms with van der Waals surface area (Å²) in [6, 6.07) is 7.90. The molecule has 5 nitrogen and oxygen atoms in total. The van der Waals surface area contributed by atoms with E-state index in [0.717, 1.165) is 36.5 Å². The van der Waals surface area contributed by atoms with Gasteiger partial charge in [0.2, 0.25) is 11.8 Å². The summed E-state index contributed by atoms with van der Waals surface area (Å²) in [6.45, 7) is 13.7. The number of nitrogens with one attached hydrogen (secondary N) is 1. The fourth-order valence-corrected chi connectivity index (χ4v) is 4.27. The van der Waals surface area contributed by atoms with Crippen molar-refractivity contribution in [2.45, 2.75) is 53.5 Å². The van der Waals surface area contributed by atoms with E-state index in [2.05, 4.69) is 24.1 Å². The predicted octanol–water partition coefficient (Wildman–Crippen LogP) is 4.12. The number of likely N-dealkylation sites (N-methyl/N-ethyl adjacent to an activating group) is 1. The zero-order chi connectivity index (χ0) is 21.6. The number of amides is 2. The molecule has 1 aliphatic rings. The highest BCUT2D eigenvalue weighted by Crippen LogP contribution is 2.28. The summed E-state index contributed by atoms with van der Waals surface area (Å²) in [5, 5.41) is 3.89. The van der Waals surface area contributed by atoms with Crippen molar-refractivity contribution in [3.8, 4) is 0 Å². The molecule has 162 valence electrons. The molecule has 1 unspecified atom stereocenters. The normalized spacial score (nSPS) is 16.7. The van der Waals surface area contributed by atoms with Gasteiger partial charge in [-0.2, -0.15) is 0 Å². The summed E-state index contributed by atoms with van der Waals surface area (Å²) in [4.78, 5) is 29.5. The van der Waals surface area contributed by atoms with Gasteiger partial charge < -0.3 is 10.2 Å². The molecule has 1 aromatic carbocycles. The minimum absolute atomic E-state index is 0.0392. The summed E-state index contributed by atoms with van der Waals surface area (Å²) < 4.78 is 0. The summed E-state index contributed by atoms with van der Waals surface area (Å²) in [6.07, 6.45) is 1.44. The van der Waals surface area contributed by atoms with E-state index in [9.17, 15) is 9.59 Å². The molecule has 0 saturated carbocycles. The van der Waals surface area contributed by atoms with E-state index in [1.807, 2.05) is 49.9 Å². The molecule has 6 heteroatoms. The molecular weight excluding hydrogens is 386 g/mol. The van der Waals surface area contributed by atoms with Gasteiger partial charge in [0.25, 0.3) is 0 Å². The van der Waals surface area contributed by atoms with Crippen molar-refractivity contribution in [1.29, 1.82) is 0 Å². The molecular formula is C23H36ClN3O2. The van der Waals surface area contributed by atoms with Crippen LogP contribution in [0.25, 0.3) is 0 Å². The van der Waals surface area contributed by atoms with Crippen LogP contribution in [0.5, 0.6) is 0 Å². The topological polar surface area (TPSA) is 52.7 Å². The number of rotatable bonds is 7. The standard InChI is InChI=1S/C23H36ClN3O2/c1-6-26(7-2)20(18-10-8-9-11-19(18)24)16-25-21(28)17-12-14-27(15-13-17)22(29)23(3,4)5/h8-11,17,20H,6-7,12-16H2,1-5H3,(H,25,28). The Balaban J connectivity index is 1.97. The van der Waals surface area contributed by atoms with Crippen LogP contribution >= 0.6 is 11.6 Å². The first-order valence-corrected chi connectivity index (χ1v) is 11.1. The van der Waals surface area contributed by atoms with E-state index >= 15 is 0 Å². The molecule has 0 radical (unpaired) electrons. The van der Waals surface area contributed by atoms with Gasteiger partial charge in [-0.25, -0.2) is 0 Å². The number of piperidine rings is 1. The Labute approximate surface area is 180 Å². The second kappa shape index (κ2) is 10.4. The number of carbonyl (C=O) groups excluding carboxylic acids is 2. The Kier molecular flexibility index (Phi) is 8.53. The Bertz CT molecular complexity index is 690. The Hall–Kier alpha value is -1.59. The number of hydrogen-bond donors (Lipinski definition) is 1. The Morgan fingerprint density at radius 3 is 2.28 bits per heavy atom. The van der Waals surface area contributed by atoms with Crippen molar-refractivity contribution in [2.24, 2.45) is 11.3 Å². The molecule has 1 fully saturated rings. The maximum Gasteiger partial charge on any atom is 0.227 e. The molecule has 1 N–H and O–H groups in total. The second-order valence-corrected chi connectivity index (χ2v) is 9.23. The molecule has 1 heterocycles. The lowest BCUT2D eigenvalue weighted by Gasteiger charge is -2.36. The van der Waals surface area contributed by atoms with E-state index in [0.29, 0.717) is 19.6 Å². The summed E-state index contributed by atoms with van der Waals surface area (Å²) >= 11 is 6.45. The zero-order valence-corrected chi connectivity index (χ0v) is 19.3. The molecule has 1 saturated heterocycles. The minimum Gasteiger partial charge on any atom is -0.354 e. The van der Waals surface area contributed by atoms with Gasteiger partial charge >= 0.3 is 0 Å². The third-order valence-electron chi connectivity index (χ3n) is 5.78. The van der Waals surface area contributed by atoms with Crippen molar-refractivity contribution >= 4 is 23.4 Å². The van der Waals surface area contributed by atoms with Gasteiger partial charge in [-0.3, -0.25) is 14.5 Å². The van der Waals surface area contributed by atoms with Crippen LogP contribution in [-0.2, 0) is 9.59 Å². The van der Waals surface area contributed by atoms with E-state index < -0.39 is 0 Å². The quantitative estimate of drug-likeness (QED) is 0.720. The van der Waals surface area contributed by atoms with E-state index in [4.69, 9.17) is 11.6 Å². The fourth-order valence-electron chi connectivity index (χ4n) is 4.01. The smallest absolute Gasteiger partial charge is 0.227 e. The molecule has 1 atom stereocenters. The van der Waals surface area contributed by atoms with Gasteiger partial charge in [0.05, 0.1) is 6.04 Å². The van der Waals surface area contributed by atoms with Crippen LogP contribution in [0.1, 0.15) is 59.1 Å². The van der Waals surface area contributed by atoms with Crippen LogP contribution in [0.2, 0.25) is 5.02 Å². The van der Waals surface area contributed by atoms with Crippen LogP contribution in [0.15, 0.2) is 24.3 Å². The fraction of sp³-hybridized carbons (Fsp3) is 0.652. The maximum absolute atomic E-state index is 12.8. The summed E-state index contributed by atoms with van der Waals surface area (Å²) in [5.41, 5.74) is 0.671. The Morgan fingerprint density at radius 1 is 1.17 bits per heavy atom. The monoisotopic (exact) mass is 421 g/mol. The predicted molar refractivity (Wildman–Crippen MR) is 119 cm³/mol. The molecule has 2 amide bonds. The number of benzene rings is 1. The molecule has 1 aliphatic heterocycles. The highest BCUT2D eigenvalue weighted by atomic mass is 35.5. The van der Waals surface area contributed by atoms with Gasteiger partial charge in [0.1, 0.15) is 0 Å². The van der Waals surface area contributed by atoms with Gasteiger partial charge in [-0.15, -0.1) is 0 Å². The van der Waals surface area contributed by atoms with Crippen LogP contribution in [0, 0.1) is 11.3 Å². The first-order valence-electron chi connectivity index (χ1n) is 10.7. The van der Waals surface area contributed by atoms with Crippen molar-refractivity contribution < 1.29 is 9.59 Å².